The summed E-state index contributed by atoms with van der Waals surface area (Å²) in [5.74, 6) is 0.841. The highest BCUT2D eigenvalue weighted by atomic mass is 19.1. The lowest BCUT2D eigenvalue weighted by molar-refractivity contribution is -0.138. The maximum absolute atomic E-state index is 13.3. The number of allylic oxidation sites excluding steroid dienone is 1. The molecule has 0 saturated carbocycles. The van der Waals surface area contributed by atoms with Crippen molar-refractivity contribution < 1.29 is 18.5 Å². The number of hydrogen-bond acceptors (Lipinski definition) is 4. The summed E-state index contributed by atoms with van der Waals surface area (Å²) in [4.78, 5) is 29.9. The summed E-state index contributed by atoms with van der Waals surface area (Å²) < 4.78 is 18.4. The van der Waals surface area contributed by atoms with Crippen LogP contribution >= 0.6 is 0 Å². The van der Waals surface area contributed by atoms with E-state index in [-0.39, 0.29) is 29.5 Å². The highest BCUT2D eigenvalue weighted by Gasteiger charge is 2.35. The predicted octanol–water partition coefficient (Wildman–Crippen LogP) is 3.82. The highest BCUT2D eigenvalue weighted by Crippen LogP contribution is 2.31. The Bertz CT molecular complexity index is 971. The number of hydrogen-bond donors (Lipinski definition) is 0. The van der Waals surface area contributed by atoms with Gasteiger partial charge in [0.1, 0.15) is 11.6 Å². The molecule has 0 spiro atoms. The van der Waals surface area contributed by atoms with Crippen LogP contribution in [0.4, 0.5) is 4.39 Å². The molecule has 3 heterocycles. The fourth-order valence-corrected chi connectivity index (χ4v) is 4.79. The molecular weight excluding hydrogens is 409 g/mol. The predicted molar refractivity (Wildman–Crippen MR) is 118 cm³/mol. The Morgan fingerprint density at radius 2 is 1.88 bits per heavy atom. The van der Waals surface area contributed by atoms with Gasteiger partial charge in [-0.25, -0.2) is 4.39 Å². The van der Waals surface area contributed by atoms with Gasteiger partial charge in [0, 0.05) is 37.7 Å². The maximum atomic E-state index is 13.3. The van der Waals surface area contributed by atoms with E-state index in [1.54, 1.807) is 12.1 Å². The van der Waals surface area contributed by atoms with Crippen LogP contribution in [0.15, 0.2) is 40.9 Å². The molecule has 0 radical (unpaired) electrons. The normalized spacial score (nSPS) is 20.0. The van der Waals surface area contributed by atoms with Crippen LogP contribution in [-0.4, -0.2) is 46.4 Å². The molecule has 2 aliphatic heterocycles. The topological polar surface area (TPSA) is 66.7 Å². The minimum absolute atomic E-state index is 0.0750. The lowest BCUT2D eigenvalue weighted by atomic mass is 9.81. The molecular formula is C25H30FN3O3. The monoisotopic (exact) mass is 439 g/mol. The van der Waals surface area contributed by atoms with Gasteiger partial charge in [-0.15, -0.1) is 0 Å². The van der Waals surface area contributed by atoms with Crippen molar-refractivity contribution in [2.24, 2.45) is 11.8 Å². The molecule has 2 amide bonds. The first kappa shape index (κ1) is 22.2. The van der Waals surface area contributed by atoms with Gasteiger partial charge in [0.15, 0.2) is 0 Å². The van der Waals surface area contributed by atoms with Crippen molar-refractivity contribution in [2.75, 3.05) is 19.6 Å². The first-order chi connectivity index (χ1) is 15.4. The van der Waals surface area contributed by atoms with Crippen molar-refractivity contribution in [1.29, 1.82) is 0 Å². The Kier molecular flexibility index (Phi) is 6.72. The van der Waals surface area contributed by atoms with Gasteiger partial charge >= 0.3 is 0 Å². The van der Waals surface area contributed by atoms with E-state index in [0.29, 0.717) is 38.4 Å². The van der Waals surface area contributed by atoms with Gasteiger partial charge in [-0.3, -0.25) is 9.59 Å². The second-order valence-corrected chi connectivity index (χ2v) is 8.86. The molecule has 1 aromatic heterocycles. The number of carbonyl (C=O) groups excluding carboxylic acids is 2. The lowest BCUT2D eigenvalue weighted by Crippen LogP contribution is -2.44. The number of piperidine rings is 1. The second-order valence-electron chi connectivity index (χ2n) is 8.86. The molecule has 32 heavy (non-hydrogen) atoms. The number of likely N-dealkylation sites (tertiary alicyclic amines) is 1. The van der Waals surface area contributed by atoms with Crippen molar-refractivity contribution >= 4 is 11.8 Å². The standard InChI is InChI=1S/C25H30FN3O3/c1-17-23(18(2)32-27-17)15-24(30)28-13-10-20(11-14-28)22-5-3-4-12-29(25(22)31)16-19-6-8-21(26)9-7-19/h3-4,6-9,20,22H,5,10-16H2,1-2H3. The van der Waals surface area contributed by atoms with E-state index >= 15 is 0 Å². The van der Waals surface area contributed by atoms with Crippen LogP contribution in [0.2, 0.25) is 0 Å². The Balaban J connectivity index is 1.35. The van der Waals surface area contributed by atoms with Gasteiger partial charge < -0.3 is 14.3 Å². The molecule has 0 aliphatic carbocycles. The average molecular weight is 440 g/mol. The smallest absolute Gasteiger partial charge is 0.227 e. The van der Waals surface area contributed by atoms with E-state index in [4.69, 9.17) is 4.52 Å². The number of rotatable bonds is 5. The van der Waals surface area contributed by atoms with Crippen molar-refractivity contribution in [3.05, 3.63) is 64.8 Å². The second kappa shape index (κ2) is 9.67. The third kappa shape index (κ3) is 4.92. The quantitative estimate of drug-likeness (QED) is 0.665. The Morgan fingerprint density at radius 1 is 1.16 bits per heavy atom. The molecule has 170 valence electrons. The number of benzene rings is 1. The summed E-state index contributed by atoms with van der Waals surface area (Å²) in [6.45, 7) is 6.07. The molecule has 0 N–H and O–H groups in total. The van der Waals surface area contributed by atoms with E-state index < -0.39 is 0 Å². The number of carbonyl (C=O) groups is 2. The molecule has 1 atom stereocenters. The molecule has 7 heteroatoms. The average Bonchev–Trinajstić information content (AvgIpc) is 3.00. The van der Waals surface area contributed by atoms with E-state index in [0.717, 1.165) is 36.1 Å². The van der Waals surface area contributed by atoms with Gasteiger partial charge in [0.05, 0.1) is 12.1 Å². The van der Waals surface area contributed by atoms with Crippen LogP contribution in [0.3, 0.4) is 0 Å². The fraction of sp³-hybridized carbons (Fsp3) is 0.480. The van der Waals surface area contributed by atoms with Crippen molar-refractivity contribution in [1.82, 2.24) is 15.0 Å². The number of aromatic nitrogens is 1. The van der Waals surface area contributed by atoms with Crippen LogP contribution in [-0.2, 0) is 22.6 Å². The first-order valence-corrected chi connectivity index (χ1v) is 11.3. The third-order valence-corrected chi connectivity index (χ3v) is 6.77. The third-order valence-electron chi connectivity index (χ3n) is 6.77. The zero-order chi connectivity index (χ0) is 22.7. The first-order valence-electron chi connectivity index (χ1n) is 11.3. The molecule has 1 unspecified atom stereocenters. The number of halogens is 1. The van der Waals surface area contributed by atoms with Crippen molar-refractivity contribution in [3.8, 4) is 0 Å². The zero-order valence-electron chi connectivity index (χ0n) is 18.7. The van der Waals surface area contributed by atoms with E-state index in [1.807, 2.05) is 29.7 Å². The largest absolute Gasteiger partial charge is 0.361 e. The number of aryl methyl sites for hydroxylation is 2. The van der Waals surface area contributed by atoms with Gasteiger partial charge in [-0.2, -0.15) is 0 Å². The van der Waals surface area contributed by atoms with Gasteiger partial charge in [-0.05, 0) is 56.7 Å². The van der Waals surface area contributed by atoms with Crippen molar-refractivity contribution in [2.45, 2.75) is 46.1 Å². The summed E-state index contributed by atoms with van der Waals surface area (Å²) in [7, 11) is 0. The molecule has 1 fully saturated rings. The molecule has 4 rings (SSSR count). The molecule has 6 nitrogen and oxygen atoms in total. The van der Waals surface area contributed by atoms with Crippen LogP contribution in [0, 0.1) is 31.5 Å². The molecule has 1 aromatic carbocycles. The summed E-state index contributed by atoms with van der Waals surface area (Å²) >= 11 is 0. The fourth-order valence-electron chi connectivity index (χ4n) is 4.79. The van der Waals surface area contributed by atoms with Crippen LogP contribution < -0.4 is 0 Å². The summed E-state index contributed by atoms with van der Waals surface area (Å²) in [6.07, 6.45) is 6.83. The van der Waals surface area contributed by atoms with E-state index in [1.165, 1.54) is 12.1 Å². The van der Waals surface area contributed by atoms with Crippen LogP contribution in [0.5, 0.6) is 0 Å². The molecule has 1 saturated heterocycles. The summed E-state index contributed by atoms with van der Waals surface area (Å²) in [5.41, 5.74) is 2.56. The Labute approximate surface area is 188 Å². The van der Waals surface area contributed by atoms with Gasteiger partial charge in [-0.1, -0.05) is 29.4 Å². The molecule has 0 bridgehead atoms. The van der Waals surface area contributed by atoms with Crippen LogP contribution in [0.25, 0.3) is 0 Å². The van der Waals surface area contributed by atoms with Gasteiger partial charge in [0.2, 0.25) is 11.8 Å². The number of nitrogens with zero attached hydrogens (tertiary/aromatic N) is 3. The molecule has 2 aliphatic rings. The Hall–Kier alpha value is -2.96. The Morgan fingerprint density at radius 3 is 2.53 bits per heavy atom. The van der Waals surface area contributed by atoms with Crippen LogP contribution in [0.1, 0.15) is 41.8 Å². The zero-order valence-corrected chi connectivity index (χ0v) is 18.7. The van der Waals surface area contributed by atoms with Crippen molar-refractivity contribution in [3.63, 3.8) is 0 Å². The summed E-state index contributed by atoms with van der Waals surface area (Å²) in [6, 6.07) is 6.32. The molecule has 2 aromatic rings. The van der Waals surface area contributed by atoms with Gasteiger partial charge in [0.25, 0.3) is 0 Å². The maximum Gasteiger partial charge on any atom is 0.227 e. The minimum Gasteiger partial charge on any atom is -0.361 e. The SMILES string of the molecule is Cc1noc(C)c1CC(=O)N1CCC(C2CC=CCN(Cc3ccc(F)cc3)C2=O)CC1. The minimum atomic E-state index is -0.274. The lowest BCUT2D eigenvalue weighted by Gasteiger charge is -2.36. The highest BCUT2D eigenvalue weighted by molar-refractivity contribution is 5.81. The van der Waals surface area contributed by atoms with E-state index in [2.05, 4.69) is 11.2 Å². The summed E-state index contributed by atoms with van der Waals surface area (Å²) in [5, 5.41) is 3.93. The number of amides is 2. The van der Waals surface area contributed by atoms with E-state index in [9.17, 15) is 14.0 Å².